The van der Waals surface area contributed by atoms with Crippen LogP contribution in [0.15, 0.2) is 11.6 Å². The summed E-state index contributed by atoms with van der Waals surface area (Å²) < 4.78 is 0. The van der Waals surface area contributed by atoms with Crippen LogP contribution >= 0.6 is 15.9 Å². The standard InChI is InChI=1S/C6H10Br/c1-3-6(2)4-5-7/h4H,2-3,5H2,1H3. The fourth-order valence-electron chi connectivity index (χ4n) is 0.253. The van der Waals surface area contributed by atoms with Crippen LogP contribution in [0.2, 0.25) is 0 Å². The van der Waals surface area contributed by atoms with Gasteiger partial charge in [-0.3, -0.25) is 0 Å². The van der Waals surface area contributed by atoms with Crippen molar-refractivity contribution in [3.63, 3.8) is 0 Å². The number of alkyl halides is 1. The highest BCUT2D eigenvalue weighted by Crippen LogP contribution is 1.97. The Morgan fingerprint density at radius 3 is 2.57 bits per heavy atom. The summed E-state index contributed by atoms with van der Waals surface area (Å²) in [4.78, 5) is 0. The number of hydrogen-bond acceptors (Lipinski definition) is 0. The van der Waals surface area contributed by atoms with Gasteiger partial charge in [0.2, 0.25) is 0 Å². The highest BCUT2D eigenvalue weighted by atomic mass is 79.9. The van der Waals surface area contributed by atoms with E-state index in [9.17, 15) is 0 Å². The van der Waals surface area contributed by atoms with E-state index in [1.165, 1.54) is 5.57 Å². The second kappa shape index (κ2) is 4.38. The van der Waals surface area contributed by atoms with Crippen LogP contribution in [-0.2, 0) is 0 Å². The van der Waals surface area contributed by atoms with Crippen molar-refractivity contribution >= 4 is 15.9 Å². The van der Waals surface area contributed by atoms with Gasteiger partial charge in [0, 0.05) is 5.33 Å². The molecule has 0 aromatic heterocycles. The monoisotopic (exact) mass is 161 g/mol. The molecule has 0 unspecified atom stereocenters. The molecule has 7 heavy (non-hydrogen) atoms. The summed E-state index contributed by atoms with van der Waals surface area (Å²) in [5.74, 6) is 0. The Labute approximate surface area is 53.7 Å². The third kappa shape index (κ3) is 4.07. The lowest BCUT2D eigenvalue weighted by Crippen LogP contribution is -1.70. The number of allylic oxidation sites excluding steroid dienone is 2. The molecule has 0 heterocycles. The summed E-state index contributed by atoms with van der Waals surface area (Å²) in [5.41, 5.74) is 1.21. The number of rotatable bonds is 2. The van der Waals surface area contributed by atoms with E-state index in [0.29, 0.717) is 0 Å². The Kier molecular flexibility index (Phi) is 4.52. The molecule has 0 aromatic carbocycles. The lowest BCUT2D eigenvalue weighted by molar-refractivity contribution is 1.14. The molecule has 0 fully saturated rings. The Hall–Kier alpha value is 0.220. The third-order valence-electron chi connectivity index (χ3n) is 0.820. The van der Waals surface area contributed by atoms with Crippen molar-refractivity contribution in [1.82, 2.24) is 0 Å². The van der Waals surface area contributed by atoms with Gasteiger partial charge >= 0.3 is 0 Å². The van der Waals surface area contributed by atoms with Gasteiger partial charge in [0.15, 0.2) is 0 Å². The lowest BCUT2D eigenvalue weighted by Gasteiger charge is -1.87. The van der Waals surface area contributed by atoms with Crippen LogP contribution in [0.5, 0.6) is 0 Å². The van der Waals surface area contributed by atoms with E-state index >= 15 is 0 Å². The second-order valence-electron chi connectivity index (χ2n) is 1.37. The van der Waals surface area contributed by atoms with Crippen LogP contribution in [0.25, 0.3) is 0 Å². The van der Waals surface area contributed by atoms with E-state index < -0.39 is 0 Å². The summed E-state index contributed by atoms with van der Waals surface area (Å²) in [7, 11) is 0. The van der Waals surface area contributed by atoms with E-state index in [1.807, 2.05) is 0 Å². The third-order valence-corrected chi connectivity index (χ3v) is 1.14. The van der Waals surface area contributed by atoms with E-state index in [2.05, 4.69) is 35.9 Å². The van der Waals surface area contributed by atoms with Crippen LogP contribution in [0.4, 0.5) is 0 Å². The van der Waals surface area contributed by atoms with Crippen LogP contribution in [0, 0.1) is 6.92 Å². The minimum absolute atomic E-state index is 0.930. The maximum absolute atomic E-state index is 3.78. The van der Waals surface area contributed by atoms with Gasteiger partial charge in [-0.05, 0) is 13.3 Å². The highest BCUT2D eigenvalue weighted by Gasteiger charge is 1.77. The van der Waals surface area contributed by atoms with E-state index in [-0.39, 0.29) is 0 Å². The molecule has 0 aromatic rings. The summed E-state index contributed by atoms with van der Waals surface area (Å²) in [5, 5.41) is 0.930. The molecule has 0 spiro atoms. The highest BCUT2D eigenvalue weighted by molar-refractivity contribution is 9.09. The molecule has 0 saturated carbocycles. The predicted octanol–water partition coefficient (Wildman–Crippen LogP) is 2.55. The summed E-state index contributed by atoms with van der Waals surface area (Å²) in [6.45, 7) is 5.88. The SMILES string of the molecule is [CH2]C(=CCBr)CC. The van der Waals surface area contributed by atoms with Gasteiger partial charge in [0.1, 0.15) is 0 Å². The molecule has 0 aliphatic heterocycles. The molecule has 0 N–H and O–H groups in total. The van der Waals surface area contributed by atoms with Crippen LogP contribution < -0.4 is 0 Å². The van der Waals surface area contributed by atoms with Crippen molar-refractivity contribution in [2.75, 3.05) is 5.33 Å². The molecule has 1 heteroatoms. The molecule has 1 radical (unpaired) electrons. The average Bonchev–Trinajstić information content (AvgIpc) is 1.68. The molecule has 0 atom stereocenters. The zero-order chi connectivity index (χ0) is 5.70. The summed E-state index contributed by atoms with van der Waals surface area (Å²) in [6, 6.07) is 0. The van der Waals surface area contributed by atoms with E-state index in [1.54, 1.807) is 0 Å². The van der Waals surface area contributed by atoms with Crippen molar-refractivity contribution in [3.05, 3.63) is 18.6 Å². The lowest BCUT2D eigenvalue weighted by atomic mass is 10.2. The zero-order valence-electron chi connectivity index (χ0n) is 4.58. The molecular formula is C6H10Br. The number of hydrogen-bond donors (Lipinski definition) is 0. The maximum atomic E-state index is 3.78. The first kappa shape index (κ1) is 7.22. The van der Waals surface area contributed by atoms with Gasteiger partial charge in [-0.2, -0.15) is 0 Å². The van der Waals surface area contributed by atoms with E-state index in [0.717, 1.165) is 11.8 Å². The van der Waals surface area contributed by atoms with Crippen LogP contribution in [0.3, 0.4) is 0 Å². The minimum Gasteiger partial charge on any atom is -0.0883 e. The second-order valence-corrected chi connectivity index (χ2v) is 2.02. The fraction of sp³-hybridized carbons (Fsp3) is 0.500. The summed E-state index contributed by atoms with van der Waals surface area (Å²) in [6.07, 6.45) is 3.13. The van der Waals surface area contributed by atoms with Gasteiger partial charge in [-0.1, -0.05) is 34.5 Å². The molecule has 0 aliphatic rings. The molecule has 0 amide bonds. The zero-order valence-corrected chi connectivity index (χ0v) is 6.16. The summed E-state index contributed by atoms with van der Waals surface area (Å²) >= 11 is 3.27. The first-order chi connectivity index (χ1) is 3.31. The molecule has 0 nitrogen and oxygen atoms in total. The Balaban J connectivity index is 3.29. The van der Waals surface area contributed by atoms with Gasteiger partial charge in [-0.15, -0.1) is 0 Å². The van der Waals surface area contributed by atoms with Gasteiger partial charge in [-0.25, -0.2) is 0 Å². The Morgan fingerprint density at radius 1 is 1.86 bits per heavy atom. The molecular weight excluding hydrogens is 152 g/mol. The van der Waals surface area contributed by atoms with Crippen molar-refractivity contribution in [1.29, 1.82) is 0 Å². The van der Waals surface area contributed by atoms with Crippen LogP contribution in [0.1, 0.15) is 13.3 Å². The smallest absolute Gasteiger partial charge is 0.0214 e. The Morgan fingerprint density at radius 2 is 2.43 bits per heavy atom. The van der Waals surface area contributed by atoms with Crippen molar-refractivity contribution < 1.29 is 0 Å². The van der Waals surface area contributed by atoms with Crippen molar-refractivity contribution in [2.24, 2.45) is 0 Å². The molecule has 0 saturated heterocycles. The fourth-order valence-corrected chi connectivity index (χ4v) is 0.711. The molecule has 0 aliphatic carbocycles. The minimum atomic E-state index is 0.930. The quantitative estimate of drug-likeness (QED) is 0.547. The predicted molar refractivity (Wildman–Crippen MR) is 37.5 cm³/mol. The molecule has 0 rings (SSSR count). The van der Waals surface area contributed by atoms with Crippen molar-refractivity contribution in [2.45, 2.75) is 13.3 Å². The number of halogens is 1. The first-order valence-electron chi connectivity index (χ1n) is 2.38. The molecule has 0 bridgehead atoms. The van der Waals surface area contributed by atoms with Gasteiger partial charge in [0.25, 0.3) is 0 Å². The van der Waals surface area contributed by atoms with Gasteiger partial charge < -0.3 is 0 Å². The van der Waals surface area contributed by atoms with Crippen LogP contribution in [-0.4, -0.2) is 5.33 Å². The topological polar surface area (TPSA) is 0 Å². The van der Waals surface area contributed by atoms with Crippen molar-refractivity contribution in [3.8, 4) is 0 Å². The van der Waals surface area contributed by atoms with E-state index in [4.69, 9.17) is 0 Å². The average molecular weight is 162 g/mol. The largest absolute Gasteiger partial charge is 0.0883 e. The normalized spacial score (nSPS) is 12.1. The maximum Gasteiger partial charge on any atom is 0.0214 e. The van der Waals surface area contributed by atoms with Gasteiger partial charge in [0.05, 0.1) is 0 Å². The molecule has 41 valence electrons. The first-order valence-corrected chi connectivity index (χ1v) is 3.50. The Bertz CT molecular complexity index is 64.6.